The van der Waals surface area contributed by atoms with E-state index in [4.69, 9.17) is 8.83 Å². The highest BCUT2D eigenvalue weighted by Crippen LogP contribution is 2.49. The van der Waals surface area contributed by atoms with E-state index < -0.39 is 0 Å². The molecule has 0 bridgehead atoms. The SMILES string of the molecule is C1=Cc2ccccc2N(c2ccc3c(c2)oc2c4oc5cc(N6c7ccccc7C=Cc7ccccc76)ccc5c4c4ccccc4c32)c2ccccc21. The van der Waals surface area contributed by atoms with Gasteiger partial charge in [0.1, 0.15) is 11.2 Å². The van der Waals surface area contributed by atoms with E-state index in [2.05, 4.69) is 192 Å². The Morgan fingerprint density at radius 2 is 0.648 bits per heavy atom. The van der Waals surface area contributed by atoms with E-state index in [1.165, 1.54) is 0 Å². The van der Waals surface area contributed by atoms with Gasteiger partial charge in [0.05, 0.1) is 22.7 Å². The van der Waals surface area contributed by atoms with Gasteiger partial charge in [0, 0.05) is 45.1 Å². The number of benzene rings is 8. The van der Waals surface area contributed by atoms with E-state index in [0.717, 1.165) is 111 Å². The van der Waals surface area contributed by atoms with Crippen molar-refractivity contribution in [1.82, 2.24) is 0 Å². The van der Waals surface area contributed by atoms with Crippen LogP contribution in [0.4, 0.5) is 34.1 Å². The van der Waals surface area contributed by atoms with Gasteiger partial charge in [-0.25, -0.2) is 0 Å². The molecule has 54 heavy (non-hydrogen) atoms. The van der Waals surface area contributed by atoms with E-state index in [0.29, 0.717) is 0 Å². The molecule has 0 N–H and O–H groups in total. The van der Waals surface area contributed by atoms with Crippen molar-refractivity contribution in [2.45, 2.75) is 0 Å². The normalized spacial score (nSPS) is 13.3. The first-order valence-corrected chi connectivity index (χ1v) is 18.3. The van der Waals surface area contributed by atoms with Crippen molar-refractivity contribution in [2.24, 2.45) is 0 Å². The summed E-state index contributed by atoms with van der Waals surface area (Å²) in [6, 6.07) is 56.0. The van der Waals surface area contributed by atoms with Gasteiger partial charge in [-0.15, -0.1) is 0 Å². The summed E-state index contributed by atoms with van der Waals surface area (Å²) in [7, 11) is 0. The van der Waals surface area contributed by atoms with E-state index in [1.807, 2.05) is 0 Å². The largest absolute Gasteiger partial charge is 0.452 e. The van der Waals surface area contributed by atoms with Gasteiger partial charge < -0.3 is 18.6 Å². The standard InChI is InChI=1S/C50H30N2O2/c1-7-17-41-31(11-1)21-22-32-12-2-8-18-42(32)51(41)35-25-27-39-45(29-35)53-49-47(39)37-15-5-6-16-38(37)48-40-28-26-36(30-46(40)54-50(48)49)52-43-19-9-3-13-33(43)23-24-34-14-4-10-20-44(34)52/h1-30H. The summed E-state index contributed by atoms with van der Waals surface area (Å²) in [6.45, 7) is 0. The van der Waals surface area contributed by atoms with E-state index in [1.54, 1.807) is 0 Å². The third kappa shape index (κ3) is 4.13. The first-order valence-electron chi connectivity index (χ1n) is 18.3. The molecule has 2 aliphatic rings. The van der Waals surface area contributed by atoms with E-state index in [9.17, 15) is 0 Å². The van der Waals surface area contributed by atoms with Crippen LogP contribution in [-0.2, 0) is 0 Å². The van der Waals surface area contributed by atoms with Gasteiger partial charge in [-0.3, -0.25) is 0 Å². The van der Waals surface area contributed by atoms with Gasteiger partial charge in [-0.05, 0) is 81.6 Å². The monoisotopic (exact) mass is 690 g/mol. The van der Waals surface area contributed by atoms with Crippen LogP contribution in [0, 0.1) is 0 Å². The van der Waals surface area contributed by atoms with Gasteiger partial charge in [-0.1, -0.05) is 121 Å². The van der Waals surface area contributed by atoms with Gasteiger partial charge in [0.25, 0.3) is 0 Å². The quantitative estimate of drug-likeness (QED) is 0.181. The molecule has 0 radical (unpaired) electrons. The number of rotatable bonds is 2. The molecule has 0 spiro atoms. The highest BCUT2D eigenvalue weighted by molar-refractivity contribution is 6.33. The van der Waals surface area contributed by atoms with E-state index in [-0.39, 0.29) is 0 Å². The Hall–Kier alpha value is -7.30. The molecule has 252 valence electrons. The highest BCUT2D eigenvalue weighted by Gasteiger charge is 2.25. The van der Waals surface area contributed by atoms with Crippen LogP contribution in [0.5, 0.6) is 0 Å². The molecule has 10 aromatic rings. The molecule has 0 unspecified atom stereocenters. The number of nitrogens with zero attached hydrogens (tertiary/aromatic N) is 2. The number of para-hydroxylation sites is 4. The molecule has 0 amide bonds. The molecular weight excluding hydrogens is 661 g/mol. The maximum absolute atomic E-state index is 6.94. The van der Waals surface area contributed by atoms with Crippen molar-refractivity contribution in [3.05, 3.63) is 180 Å². The minimum absolute atomic E-state index is 0.765. The third-order valence-corrected chi connectivity index (χ3v) is 11.1. The average molecular weight is 691 g/mol. The molecule has 0 aliphatic carbocycles. The summed E-state index contributed by atoms with van der Waals surface area (Å²) in [6.07, 6.45) is 8.80. The number of fused-ring (bicyclic) bond motifs is 14. The molecule has 2 aromatic heterocycles. The van der Waals surface area contributed by atoms with Gasteiger partial charge in [0.2, 0.25) is 0 Å². The average Bonchev–Trinajstić information content (AvgIpc) is 3.69. The predicted octanol–water partition coefficient (Wildman–Crippen LogP) is 14.5. The Kier molecular flexibility index (Phi) is 6.02. The molecule has 4 heteroatoms. The van der Waals surface area contributed by atoms with Crippen LogP contribution >= 0.6 is 0 Å². The fourth-order valence-corrected chi connectivity index (χ4v) is 8.73. The van der Waals surface area contributed by atoms with Gasteiger partial charge >= 0.3 is 0 Å². The van der Waals surface area contributed by atoms with Crippen molar-refractivity contribution in [1.29, 1.82) is 0 Å². The van der Waals surface area contributed by atoms with Crippen LogP contribution in [0.1, 0.15) is 22.3 Å². The molecule has 0 fully saturated rings. The second-order valence-corrected chi connectivity index (χ2v) is 14.1. The fraction of sp³-hybridized carbons (Fsp3) is 0. The lowest BCUT2D eigenvalue weighted by Gasteiger charge is -2.27. The molecule has 8 aromatic carbocycles. The maximum atomic E-state index is 6.94. The zero-order valence-corrected chi connectivity index (χ0v) is 29.0. The Balaban J connectivity index is 1.09. The molecule has 2 aliphatic heterocycles. The molecule has 0 atom stereocenters. The molecular formula is C50H30N2O2. The molecule has 4 heterocycles. The van der Waals surface area contributed by atoms with Crippen molar-refractivity contribution in [3.63, 3.8) is 0 Å². The summed E-state index contributed by atoms with van der Waals surface area (Å²) in [5.41, 5.74) is 14.4. The van der Waals surface area contributed by atoms with Crippen LogP contribution in [-0.4, -0.2) is 0 Å². The predicted molar refractivity (Wildman–Crippen MR) is 226 cm³/mol. The molecule has 0 saturated carbocycles. The molecule has 0 saturated heterocycles. The lowest BCUT2D eigenvalue weighted by molar-refractivity contribution is 0.633. The van der Waals surface area contributed by atoms with Gasteiger partial charge in [0.15, 0.2) is 11.2 Å². The minimum atomic E-state index is 0.765. The summed E-state index contributed by atoms with van der Waals surface area (Å²) >= 11 is 0. The zero-order chi connectivity index (χ0) is 35.3. The summed E-state index contributed by atoms with van der Waals surface area (Å²) in [5, 5.41) is 6.56. The number of hydrogen-bond acceptors (Lipinski definition) is 4. The van der Waals surface area contributed by atoms with Crippen molar-refractivity contribution >= 4 is 113 Å². The van der Waals surface area contributed by atoms with Crippen LogP contribution < -0.4 is 9.80 Å². The smallest absolute Gasteiger partial charge is 0.179 e. The Morgan fingerprint density at radius 3 is 1.02 bits per heavy atom. The van der Waals surface area contributed by atoms with Crippen molar-refractivity contribution < 1.29 is 8.83 Å². The highest BCUT2D eigenvalue weighted by atomic mass is 16.4. The van der Waals surface area contributed by atoms with Crippen LogP contribution in [0.3, 0.4) is 0 Å². The van der Waals surface area contributed by atoms with Crippen LogP contribution in [0.15, 0.2) is 167 Å². The lowest BCUT2D eigenvalue weighted by Crippen LogP contribution is -2.11. The number of furan rings is 2. The first-order chi connectivity index (χ1) is 26.8. The number of anilines is 6. The molecule has 12 rings (SSSR count). The van der Waals surface area contributed by atoms with Gasteiger partial charge in [-0.2, -0.15) is 0 Å². The lowest BCUT2D eigenvalue weighted by atomic mass is 9.98. The van der Waals surface area contributed by atoms with Crippen molar-refractivity contribution in [2.75, 3.05) is 9.80 Å². The summed E-state index contributed by atoms with van der Waals surface area (Å²) in [4.78, 5) is 4.67. The number of hydrogen-bond donors (Lipinski definition) is 0. The molecule has 4 nitrogen and oxygen atoms in total. The second-order valence-electron chi connectivity index (χ2n) is 14.1. The fourth-order valence-electron chi connectivity index (χ4n) is 8.73. The first kappa shape index (κ1) is 29.3. The summed E-state index contributed by atoms with van der Waals surface area (Å²) < 4.78 is 13.9. The Labute approximate surface area is 310 Å². The minimum Gasteiger partial charge on any atom is -0.452 e. The third-order valence-electron chi connectivity index (χ3n) is 11.1. The summed E-state index contributed by atoms with van der Waals surface area (Å²) in [5.74, 6) is 0. The topological polar surface area (TPSA) is 32.8 Å². The van der Waals surface area contributed by atoms with E-state index >= 15 is 0 Å². The second kappa shape index (κ2) is 11.1. The van der Waals surface area contributed by atoms with Crippen LogP contribution in [0.25, 0.3) is 79.0 Å². The maximum Gasteiger partial charge on any atom is 0.179 e. The van der Waals surface area contributed by atoms with Crippen molar-refractivity contribution in [3.8, 4) is 0 Å². The Bertz CT molecular complexity index is 2930. The Morgan fingerprint density at radius 1 is 0.315 bits per heavy atom. The zero-order valence-electron chi connectivity index (χ0n) is 29.0. The van der Waals surface area contributed by atoms with Crippen LogP contribution in [0.2, 0.25) is 0 Å².